The van der Waals surface area contributed by atoms with E-state index in [9.17, 15) is 18.0 Å². The minimum absolute atomic E-state index is 0.171. The van der Waals surface area contributed by atoms with Gasteiger partial charge in [-0.1, -0.05) is 30.3 Å². The Balaban J connectivity index is 1.23. The molecule has 0 spiro atoms. The summed E-state index contributed by atoms with van der Waals surface area (Å²) in [7, 11) is 0. The number of benzene rings is 3. The molecule has 206 valence electrons. The summed E-state index contributed by atoms with van der Waals surface area (Å²) in [5.74, 6) is -0.414. The van der Waals surface area contributed by atoms with E-state index in [1.807, 2.05) is 18.2 Å². The molecule has 2 amide bonds. The predicted molar refractivity (Wildman–Crippen MR) is 144 cm³/mol. The van der Waals surface area contributed by atoms with Crippen molar-refractivity contribution in [2.45, 2.75) is 19.8 Å². The number of ether oxygens (including phenoxy) is 1. The van der Waals surface area contributed by atoms with Crippen LogP contribution in [0.25, 0.3) is 11.1 Å². The highest BCUT2D eigenvalue weighted by atomic mass is 19.4. The van der Waals surface area contributed by atoms with Crippen LogP contribution in [0.5, 0.6) is 5.75 Å². The van der Waals surface area contributed by atoms with Gasteiger partial charge in [0.25, 0.3) is 0 Å². The summed E-state index contributed by atoms with van der Waals surface area (Å²) in [5, 5.41) is 15.4. The molecule has 2 aliphatic heterocycles. The number of alkyl halides is 3. The van der Waals surface area contributed by atoms with Crippen LogP contribution in [-0.2, 0) is 6.54 Å². The van der Waals surface area contributed by atoms with Crippen LogP contribution < -0.4 is 26.1 Å². The Bertz CT molecular complexity index is 1300. The molecule has 0 saturated carbocycles. The van der Waals surface area contributed by atoms with Crippen molar-refractivity contribution >= 4 is 23.1 Å². The monoisotopic (exact) mass is 541 g/mol. The number of carbonyl (C=O) groups is 1. The number of hydrazine groups is 3. The van der Waals surface area contributed by atoms with Gasteiger partial charge in [-0.2, -0.15) is 5.12 Å². The van der Waals surface area contributed by atoms with Crippen molar-refractivity contribution in [1.29, 1.82) is 0 Å². The Morgan fingerprint density at radius 2 is 1.72 bits per heavy atom. The Kier molecular flexibility index (Phi) is 7.89. The molecule has 0 radical (unpaired) electrons. The van der Waals surface area contributed by atoms with Gasteiger partial charge in [0, 0.05) is 55.7 Å². The molecule has 39 heavy (non-hydrogen) atoms. The number of piperazine rings is 1. The molecule has 12 heteroatoms. The summed E-state index contributed by atoms with van der Waals surface area (Å²) in [6.45, 7) is 7.51. The third-order valence-electron chi connectivity index (χ3n) is 6.49. The minimum atomic E-state index is -4.81. The molecule has 5 rings (SSSR count). The quantitative estimate of drug-likeness (QED) is 0.332. The van der Waals surface area contributed by atoms with E-state index in [2.05, 4.69) is 60.4 Å². The maximum Gasteiger partial charge on any atom is 0.573 e. The van der Waals surface area contributed by atoms with Gasteiger partial charge in [0.15, 0.2) is 0 Å². The molecule has 0 bridgehead atoms. The van der Waals surface area contributed by atoms with E-state index in [0.717, 1.165) is 61.7 Å². The first-order chi connectivity index (χ1) is 18.8. The highest BCUT2D eigenvalue weighted by molar-refractivity contribution is 6.00. The fourth-order valence-electron chi connectivity index (χ4n) is 4.80. The summed E-state index contributed by atoms with van der Waals surface area (Å²) in [4.78, 5) is 12.4. The molecule has 4 N–H and O–H groups in total. The summed E-state index contributed by atoms with van der Waals surface area (Å²) < 4.78 is 41.3. The van der Waals surface area contributed by atoms with Crippen LogP contribution in [-0.4, -0.2) is 60.4 Å². The second-order valence-electron chi connectivity index (χ2n) is 9.13. The van der Waals surface area contributed by atoms with E-state index in [1.54, 1.807) is 12.1 Å². The van der Waals surface area contributed by atoms with Crippen molar-refractivity contribution in [3.8, 4) is 16.9 Å². The van der Waals surface area contributed by atoms with Crippen molar-refractivity contribution in [2.75, 3.05) is 48.8 Å². The first-order valence-corrected chi connectivity index (χ1v) is 12.7. The molecule has 2 heterocycles. The summed E-state index contributed by atoms with van der Waals surface area (Å²) in [6.07, 6.45) is -4.81. The first kappa shape index (κ1) is 26.8. The number of nitrogens with zero attached hydrogens (tertiary/aromatic N) is 3. The lowest BCUT2D eigenvalue weighted by molar-refractivity contribution is -0.274. The predicted octanol–water partition coefficient (Wildman–Crippen LogP) is 5.10. The highest BCUT2D eigenvalue weighted by Crippen LogP contribution is 2.36. The molecule has 0 unspecified atom stereocenters. The lowest BCUT2D eigenvalue weighted by atomic mass is 9.98. The van der Waals surface area contributed by atoms with Crippen LogP contribution in [0.2, 0.25) is 0 Å². The third-order valence-corrected chi connectivity index (χ3v) is 6.49. The molecule has 0 aromatic heterocycles. The number of fused-ring (bicyclic) bond motifs is 1. The fraction of sp³-hybridized carbons (Fsp3) is 0.296. The molecular weight excluding hydrogens is 511 g/mol. The summed E-state index contributed by atoms with van der Waals surface area (Å²) in [6, 6.07) is 18.1. The average molecular weight is 542 g/mol. The zero-order chi connectivity index (χ0) is 27.4. The number of nitrogens with one attached hydrogen (secondary N) is 4. The van der Waals surface area contributed by atoms with Crippen LogP contribution in [0.3, 0.4) is 0 Å². The summed E-state index contributed by atoms with van der Waals surface area (Å²) >= 11 is 0. The second-order valence-corrected chi connectivity index (χ2v) is 9.13. The number of anilines is 3. The van der Waals surface area contributed by atoms with Gasteiger partial charge in [0.2, 0.25) is 0 Å². The van der Waals surface area contributed by atoms with Gasteiger partial charge in [0.1, 0.15) is 5.75 Å². The molecular formula is C27H30F3N7O2. The van der Waals surface area contributed by atoms with Crippen molar-refractivity contribution in [3.63, 3.8) is 0 Å². The number of amides is 2. The van der Waals surface area contributed by atoms with Gasteiger partial charge in [-0.05, 0) is 48.4 Å². The van der Waals surface area contributed by atoms with Gasteiger partial charge in [-0.15, -0.1) is 18.3 Å². The van der Waals surface area contributed by atoms with Crippen LogP contribution in [0, 0.1) is 0 Å². The maximum absolute atomic E-state index is 12.5. The fourth-order valence-corrected chi connectivity index (χ4v) is 4.80. The van der Waals surface area contributed by atoms with E-state index in [-0.39, 0.29) is 5.69 Å². The normalized spacial score (nSPS) is 16.0. The van der Waals surface area contributed by atoms with E-state index in [1.165, 1.54) is 17.7 Å². The molecule has 1 saturated heterocycles. The van der Waals surface area contributed by atoms with Crippen LogP contribution >= 0.6 is 0 Å². The zero-order valence-electron chi connectivity index (χ0n) is 21.4. The minimum Gasteiger partial charge on any atom is -0.406 e. The van der Waals surface area contributed by atoms with Gasteiger partial charge >= 0.3 is 12.4 Å². The molecule has 2 aliphatic rings. The highest BCUT2D eigenvalue weighted by Gasteiger charge is 2.31. The Morgan fingerprint density at radius 1 is 1.00 bits per heavy atom. The van der Waals surface area contributed by atoms with Gasteiger partial charge in [-0.25, -0.2) is 9.80 Å². The van der Waals surface area contributed by atoms with E-state index < -0.39 is 18.1 Å². The van der Waals surface area contributed by atoms with Crippen LogP contribution in [0.1, 0.15) is 12.5 Å². The molecule has 0 atom stereocenters. The Hall–Kier alpha value is -3.84. The number of urea groups is 1. The Labute approximate surface area is 224 Å². The lowest BCUT2D eigenvalue weighted by Crippen LogP contribution is -2.58. The van der Waals surface area contributed by atoms with Gasteiger partial charge in [-0.3, -0.25) is 0 Å². The van der Waals surface area contributed by atoms with Crippen molar-refractivity contribution in [3.05, 3.63) is 72.3 Å². The van der Waals surface area contributed by atoms with Crippen molar-refractivity contribution in [1.82, 2.24) is 20.6 Å². The average Bonchev–Trinajstić information content (AvgIpc) is 3.33. The number of hydrogen-bond donors (Lipinski definition) is 4. The van der Waals surface area contributed by atoms with E-state index in [4.69, 9.17) is 0 Å². The number of rotatable bonds is 7. The van der Waals surface area contributed by atoms with Crippen LogP contribution in [0.4, 0.5) is 35.0 Å². The van der Waals surface area contributed by atoms with E-state index >= 15 is 0 Å². The number of halogens is 3. The van der Waals surface area contributed by atoms with E-state index in [0.29, 0.717) is 12.2 Å². The first-order valence-electron chi connectivity index (χ1n) is 12.7. The van der Waals surface area contributed by atoms with Gasteiger partial charge < -0.3 is 26.1 Å². The SMILES string of the molecule is CCN(N1CCNCC1)N1Cc2c(cccc2-c2ccc(NC(=O)Nc3cccc(OC(F)(F)F)c3)cc2)N1. The lowest BCUT2D eigenvalue weighted by Gasteiger charge is -2.41. The Morgan fingerprint density at radius 3 is 2.44 bits per heavy atom. The molecule has 3 aromatic rings. The smallest absolute Gasteiger partial charge is 0.406 e. The largest absolute Gasteiger partial charge is 0.573 e. The molecule has 0 aliphatic carbocycles. The zero-order valence-corrected chi connectivity index (χ0v) is 21.4. The number of hydrogen-bond acceptors (Lipinski definition) is 7. The summed E-state index contributed by atoms with van der Waals surface area (Å²) in [5.41, 5.74) is 8.58. The molecule has 1 fully saturated rings. The number of carbonyl (C=O) groups excluding carboxylic acids is 1. The second kappa shape index (κ2) is 11.5. The standard InChI is InChI=1S/C27H30F3N7O2/c1-2-37(35-15-13-31-14-16-35)36-18-24-23(7-4-8-25(24)34-36)19-9-11-20(12-10-19)32-26(38)33-21-5-3-6-22(17-21)39-27(28,29)30/h3-12,17,31,34H,2,13-16,18H2,1H3,(H2,32,33,38). The topological polar surface area (TPSA) is 84.1 Å². The molecule has 9 nitrogen and oxygen atoms in total. The van der Waals surface area contributed by atoms with Crippen molar-refractivity contribution < 1.29 is 22.7 Å². The maximum atomic E-state index is 12.5. The molecule has 3 aromatic carbocycles. The van der Waals surface area contributed by atoms with Crippen LogP contribution in [0.15, 0.2) is 66.7 Å². The van der Waals surface area contributed by atoms with Crippen molar-refractivity contribution in [2.24, 2.45) is 0 Å². The third kappa shape index (κ3) is 6.60. The van der Waals surface area contributed by atoms with Gasteiger partial charge in [0.05, 0.1) is 12.2 Å².